The third-order valence-electron chi connectivity index (χ3n) is 1.44. The molecule has 0 aliphatic rings. The summed E-state index contributed by atoms with van der Waals surface area (Å²) in [4.78, 5) is 10.6. The molecular weight excluding hydrogens is 202 g/mol. The van der Waals surface area contributed by atoms with Gasteiger partial charge in [-0.25, -0.2) is 17.6 Å². The summed E-state index contributed by atoms with van der Waals surface area (Å²) in [5, 5.41) is 8.04. The Kier molecular flexibility index (Phi) is 2.51. The van der Waals surface area contributed by atoms with Crippen molar-refractivity contribution in [1.82, 2.24) is 0 Å². The summed E-state index contributed by atoms with van der Waals surface area (Å²) in [7, 11) is 0. The van der Waals surface area contributed by atoms with Crippen molar-refractivity contribution in [3.8, 4) is 6.07 Å². The Morgan fingerprint density at radius 1 is 1.14 bits per heavy atom. The molecule has 0 saturated heterocycles. The lowest BCUT2D eigenvalue weighted by Gasteiger charge is -2.00. The van der Waals surface area contributed by atoms with E-state index in [-0.39, 0.29) is 6.07 Å². The van der Waals surface area contributed by atoms with Gasteiger partial charge in [-0.3, -0.25) is 4.79 Å². The van der Waals surface area contributed by atoms with Crippen molar-refractivity contribution < 1.29 is 22.4 Å². The zero-order chi connectivity index (χ0) is 10.9. The first kappa shape index (κ1) is 10.2. The molecule has 1 aromatic rings. The fourth-order valence-electron chi connectivity index (χ4n) is 0.828. The number of hydrogen-bond donors (Lipinski definition) is 0. The first-order valence-electron chi connectivity index (χ1n) is 3.26. The Hall–Kier alpha value is -1.90. The highest BCUT2D eigenvalue weighted by Crippen LogP contribution is 2.19. The van der Waals surface area contributed by atoms with E-state index in [1.807, 2.05) is 0 Å². The predicted octanol–water partition coefficient (Wildman–Crippen LogP) is 1.95. The Balaban J connectivity index is 3.57. The highest BCUT2D eigenvalue weighted by molar-refractivity contribution is 6.07. The van der Waals surface area contributed by atoms with Crippen molar-refractivity contribution in [2.75, 3.05) is 0 Å². The average Bonchev–Trinajstić information content (AvgIpc) is 2.15. The van der Waals surface area contributed by atoms with Crippen LogP contribution in [0.5, 0.6) is 0 Å². The highest BCUT2D eigenvalue weighted by atomic mass is 19.2. The number of carbonyl (C=O) groups excluding carboxylic acids is 1. The zero-order valence-electron chi connectivity index (χ0n) is 6.44. The number of rotatable bonds is 1. The third kappa shape index (κ3) is 1.44. The molecule has 14 heavy (non-hydrogen) atoms. The quantitative estimate of drug-likeness (QED) is 0.303. The second-order valence-corrected chi connectivity index (χ2v) is 2.28. The van der Waals surface area contributed by atoms with Gasteiger partial charge in [0.2, 0.25) is 0 Å². The van der Waals surface area contributed by atoms with E-state index >= 15 is 0 Å². The summed E-state index contributed by atoms with van der Waals surface area (Å²) < 4.78 is 50.4. The standard InChI is InChI=1S/C8HF4NO/c9-3-1-4(10)8(12)6(7(3)11)5(14)2-13/h1H. The summed E-state index contributed by atoms with van der Waals surface area (Å²) in [6.07, 6.45) is 0. The molecule has 0 fully saturated rings. The minimum absolute atomic E-state index is 0.0428. The van der Waals surface area contributed by atoms with Gasteiger partial charge in [0.1, 0.15) is 11.6 Å². The molecule has 0 N–H and O–H groups in total. The van der Waals surface area contributed by atoms with Gasteiger partial charge in [0, 0.05) is 6.07 Å². The lowest BCUT2D eigenvalue weighted by molar-refractivity contribution is 0.104. The van der Waals surface area contributed by atoms with Gasteiger partial charge in [-0.1, -0.05) is 0 Å². The highest BCUT2D eigenvalue weighted by Gasteiger charge is 2.24. The Morgan fingerprint density at radius 3 is 1.93 bits per heavy atom. The van der Waals surface area contributed by atoms with E-state index in [4.69, 9.17) is 5.26 Å². The van der Waals surface area contributed by atoms with E-state index in [0.717, 1.165) is 6.07 Å². The van der Waals surface area contributed by atoms with Crippen LogP contribution < -0.4 is 0 Å². The molecule has 0 amide bonds. The largest absolute Gasteiger partial charge is 0.277 e. The molecule has 0 aliphatic heterocycles. The predicted molar refractivity (Wildman–Crippen MR) is 36.2 cm³/mol. The third-order valence-corrected chi connectivity index (χ3v) is 1.44. The van der Waals surface area contributed by atoms with Crippen LogP contribution >= 0.6 is 0 Å². The van der Waals surface area contributed by atoms with E-state index in [2.05, 4.69) is 0 Å². The number of carbonyl (C=O) groups is 1. The molecule has 1 aromatic carbocycles. The Morgan fingerprint density at radius 2 is 1.57 bits per heavy atom. The van der Waals surface area contributed by atoms with E-state index in [9.17, 15) is 22.4 Å². The van der Waals surface area contributed by atoms with Gasteiger partial charge in [0.15, 0.2) is 23.3 Å². The van der Waals surface area contributed by atoms with Crippen LogP contribution in [-0.2, 0) is 0 Å². The van der Waals surface area contributed by atoms with Crippen LogP contribution in [0.1, 0.15) is 10.4 Å². The van der Waals surface area contributed by atoms with Crippen molar-refractivity contribution >= 4 is 5.78 Å². The smallest absolute Gasteiger partial charge is 0.268 e. The van der Waals surface area contributed by atoms with Gasteiger partial charge in [-0.15, -0.1) is 0 Å². The minimum atomic E-state index is -1.87. The lowest BCUT2D eigenvalue weighted by Crippen LogP contribution is -2.08. The Bertz CT molecular complexity index is 423. The maximum Gasteiger partial charge on any atom is 0.268 e. The van der Waals surface area contributed by atoms with Crippen LogP contribution in [0.25, 0.3) is 0 Å². The summed E-state index contributed by atoms with van der Waals surface area (Å²) in [6, 6.07) is 0.822. The van der Waals surface area contributed by atoms with Gasteiger partial charge in [0.05, 0.1) is 0 Å². The number of nitriles is 1. The van der Waals surface area contributed by atoms with Gasteiger partial charge < -0.3 is 0 Å². The van der Waals surface area contributed by atoms with Crippen LogP contribution in [0.15, 0.2) is 6.07 Å². The number of hydrogen-bond acceptors (Lipinski definition) is 2. The first-order chi connectivity index (χ1) is 6.49. The topological polar surface area (TPSA) is 40.9 Å². The summed E-state index contributed by atoms with van der Waals surface area (Å²) in [5.41, 5.74) is -1.51. The molecule has 0 atom stereocenters. The maximum atomic E-state index is 12.7. The summed E-state index contributed by atoms with van der Waals surface area (Å²) in [5.74, 6) is -8.84. The molecule has 0 aliphatic carbocycles. The van der Waals surface area contributed by atoms with Crippen molar-refractivity contribution in [3.05, 3.63) is 34.9 Å². The molecule has 0 heterocycles. The van der Waals surface area contributed by atoms with E-state index < -0.39 is 34.6 Å². The van der Waals surface area contributed by atoms with E-state index in [1.54, 1.807) is 0 Å². The molecule has 0 unspecified atom stereocenters. The molecule has 0 radical (unpaired) electrons. The van der Waals surface area contributed by atoms with Crippen LogP contribution in [0.2, 0.25) is 0 Å². The van der Waals surface area contributed by atoms with Crippen molar-refractivity contribution in [1.29, 1.82) is 5.26 Å². The zero-order valence-corrected chi connectivity index (χ0v) is 6.44. The second-order valence-electron chi connectivity index (χ2n) is 2.28. The molecule has 0 spiro atoms. The fraction of sp³-hybridized carbons (Fsp3) is 0. The summed E-state index contributed by atoms with van der Waals surface area (Å²) >= 11 is 0. The second kappa shape index (κ2) is 3.46. The van der Waals surface area contributed by atoms with Crippen LogP contribution in [0, 0.1) is 34.6 Å². The van der Waals surface area contributed by atoms with Crippen molar-refractivity contribution in [2.45, 2.75) is 0 Å². The van der Waals surface area contributed by atoms with Crippen LogP contribution in [0.4, 0.5) is 17.6 Å². The van der Waals surface area contributed by atoms with Gasteiger partial charge >= 0.3 is 0 Å². The van der Waals surface area contributed by atoms with Gasteiger partial charge in [0.25, 0.3) is 5.78 Å². The van der Waals surface area contributed by atoms with Gasteiger partial charge in [-0.2, -0.15) is 5.26 Å². The molecule has 0 saturated carbocycles. The summed E-state index contributed by atoms with van der Waals surface area (Å²) in [6.45, 7) is 0. The van der Waals surface area contributed by atoms with E-state index in [1.165, 1.54) is 0 Å². The number of benzene rings is 1. The molecule has 2 nitrogen and oxygen atoms in total. The van der Waals surface area contributed by atoms with E-state index in [0.29, 0.717) is 0 Å². The molecular formula is C8HF4NO. The normalized spacial score (nSPS) is 9.64. The molecule has 72 valence electrons. The molecule has 1 rings (SSSR count). The monoisotopic (exact) mass is 203 g/mol. The molecule has 0 bridgehead atoms. The average molecular weight is 203 g/mol. The minimum Gasteiger partial charge on any atom is -0.277 e. The van der Waals surface area contributed by atoms with Crippen molar-refractivity contribution in [3.63, 3.8) is 0 Å². The Labute approximate surface area is 75.4 Å². The fourth-order valence-corrected chi connectivity index (χ4v) is 0.828. The van der Waals surface area contributed by atoms with Crippen LogP contribution in [-0.4, -0.2) is 5.78 Å². The molecule has 0 aromatic heterocycles. The van der Waals surface area contributed by atoms with Gasteiger partial charge in [-0.05, 0) is 0 Å². The first-order valence-corrected chi connectivity index (χ1v) is 3.26. The molecule has 6 heteroatoms. The van der Waals surface area contributed by atoms with Crippen LogP contribution in [0.3, 0.4) is 0 Å². The van der Waals surface area contributed by atoms with Crippen molar-refractivity contribution in [2.24, 2.45) is 0 Å². The number of nitrogens with zero attached hydrogens (tertiary/aromatic N) is 1. The number of Topliss-reactive ketones (excluding diaryl/α,β-unsaturated/α-hetero) is 1. The lowest BCUT2D eigenvalue weighted by atomic mass is 10.1. The number of ketones is 1. The SMILES string of the molecule is N#CC(=O)c1c(F)c(F)cc(F)c1F. The number of halogens is 4. The maximum absolute atomic E-state index is 12.7.